The van der Waals surface area contributed by atoms with Gasteiger partial charge in [-0.05, 0) is 49.4 Å². The molecule has 1 aliphatic heterocycles. The van der Waals surface area contributed by atoms with E-state index >= 15 is 0 Å². The Kier molecular flexibility index (Phi) is 4.02. The van der Waals surface area contributed by atoms with Gasteiger partial charge in [-0.1, -0.05) is 13.8 Å². The number of rotatable bonds is 3. The van der Waals surface area contributed by atoms with Gasteiger partial charge in [0.05, 0.1) is 6.10 Å². The lowest BCUT2D eigenvalue weighted by atomic mass is 9.65. The Bertz CT molecular complexity index is 383. The van der Waals surface area contributed by atoms with Crippen molar-refractivity contribution in [2.45, 2.75) is 52.1 Å². The Labute approximate surface area is 109 Å². The van der Waals surface area contributed by atoms with Gasteiger partial charge in [0.1, 0.15) is 5.75 Å². The number of hydrogen-bond acceptors (Lipinski definition) is 3. The first-order valence-corrected chi connectivity index (χ1v) is 8.42. The van der Waals surface area contributed by atoms with E-state index < -0.39 is 22.1 Å². The van der Waals surface area contributed by atoms with E-state index in [0.29, 0.717) is 12.5 Å². The van der Waals surface area contributed by atoms with Gasteiger partial charge in [0, 0.05) is 6.61 Å². The molecule has 106 valence electrons. The zero-order valence-corrected chi connectivity index (χ0v) is 12.0. The first-order chi connectivity index (χ1) is 8.32. The summed E-state index contributed by atoms with van der Waals surface area (Å²) < 4.78 is 40.1. The highest BCUT2D eigenvalue weighted by atomic mass is 32.3. The summed E-state index contributed by atoms with van der Waals surface area (Å²) in [6, 6.07) is 0. The second-order valence-electron chi connectivity index (χ2n) is 6.26. The van der Waals surface area contributed by atoms with E-state index in [9.17, 15) is 12.3 Å². The summed E-state index contributed by atoms with van der Waals surface area (Å²) in [6.45, 7) is 5.04. The van der Waals surface area contributed by atoms with Crippen LogP contribution in [0.5, 0.6) is 0 Å². The van der Waals surface area contributed by atoms with Crippen LogP contribution in [0.2, 0.25) is 0 Å². The molecular formula is C13H23FO3S. The zero-order chi connectivity index (χ0) is 13.4. The third-order valence-electron chi connectivity index (χ3n) is 4.92. The fraction of sp³-hybridized carbons (Fsp3) is 1.00. The van der Waals surface area contributed by atoms with Crippen LogP contribution in [0.25, 0.3) is 0 Å². The van der Waals surface area contributed by atoms with Crippen molar-refractivity contribution in [3.8, 4) is 0 Å². The van der Waals surface area contributed by atoms with Gasteiger partial charge < -0.3 is 4.74 Å². The van der Waals surface area contributed by atoms with E-state index in [2.05, 4.69) is 13.8 Å². The molecule has 2 fully saturated rings. The highest BCUT2D eigenvalue weighted by Crippen LogP contribution is 2.50. The molecule has 5 heteroatoms. The molecule has 0 amide bonds. The molecule has 0 N–H and O–H groups in total. The van der Waals surface area contributed by atoms with Gasteiger partial charge in [-0.25, -0.2) is 0 Å². The molecule has 1 spiro atoms. The third kappa shape index (κ3) is 3.05. The molecule has 1 saturated heterocycles. The number of halogens is 1. The van der Waals surface area contributed by atoms with Gasteiger partial charge in [-0.15, -0.1) is 3.89 Å². The first kappa shape index (κ1) is 14.3. The van der Waals surface area contributed by atoms with E-state index in [1.54, 1.807) is 0 Å². The zero-order valence-electron chi connectivity index (χ0n) is 11.2. The minimum absolute atomic E-state index is 0.0788. The predicted molar refractivity (Wildman–Crippen MR) is 68.5 cm³/mol. The van der Waals surface area contributed by atoms with E-state index in [0.717, 1.165) is 38.0 Å². The standard InChI is InChI=1S/C13H23FO3S/c1-10(2)11-3-5-13(6-4-11)7-8-17-12(13)9-18(14,15)16/h10-12H,3-9H2,1-2H3. The van der Waals surface area contributed by atoms with Crippen molar-refractivity contribution < 1.29 is 17.0 Å². The lowest BCUT2D eigenvalue weighted by Crippen LogP contribution is -2.39. The SMILES string of the molecule is CC(C)C1CCC2(CCOC2CS(=O)(=O)F)CC1. The third-order valence-corrected chi connectivity index (χ3v) is 5.62. The molecule has 1 unspecified atom stereocenters. The molecule has 2 aliphatic rings. The average molecular weight is 278 g/mol. The summed E-state index contributed by atoms with van der Waals surface area (Å²) >= 11 is 0. The maximum Gasteiger partial charge on any atom is 0.304 e. The van der Waals surface area contributed by atoms with Gasteiger partial charge in [-0.3, -0.25) is 0 Å². The Morgan fingerprint density at radius 1 is 1.28 bits per heavy atom. The van der Waals surface area contributed by atoms with Crippen molar-refractivity contribution in [3.63, 3.8) is 0 Å². The van der Waals surface area contributed by atoms with E-state index in [1.807, 2.05) is 0 Å². The molecule has 3 nitrogen and oxygen atoms in total. The lowest BCUT2D eigenvalue weighted by Gasteiger charge is -2.41. The molecule has 0 bridgehead atoms. The molecule has 1 heterocycles. The molecular weight excluding hydrogens is 255 g/mol. The monoisotopic (exact) mass is 278 g/mol. The molecule has 1 atom stereocenters. The van der Waals surface area contributed by atoms with E-state index in [1.165, 1.54) is 0 Å². The van der Waals surface area contributed by atoms with Crippen molar-refractivity contribution >= 4 is 10.2 Å². The quantitative estimate of drug-likeness (QED) is 0.746. The molecule has 0 radical (unpaired) electrons. The predicted octanol–water partition coefficient (Wildman–Crippen LogP) is 2.91. The summed E-state index contributed by atoms with van der Waals surface area (Å²) in [6.07, 6.45) is 4.65. The molecule has 1 aliphatic carbocycles. The van der Waals surface area contributed by atoms with Crippen LogP contribution in [0.15, 0.2) is 0 Å². The van der Waals surface area contributed by atoms with E-state index in [-0.39, 0.29) is 5.41 Å². The van der Waals surface area contributed by atoms with Crippen molar-refractivity contribution in [2.75, 3.05) is 12.4 Å². The topological polar surface area (TPSA) is 43.4 Å². The van der Waals surface area contributed by atoms with Gasteiger partial charge >= 0.3 is 10.2 Å². The Hall–Kier alpha value is -0.160. The van der Waals surface area contributed by atoms with Gasteiger partial charge in [0.15, 0.2) is 0 Å². The van der Waals surface area contributed by atoms with Crippen LogP contribution < -0.4 is 0 Å². The maximum absolute atomic E-state index is 12.9. The molecule has 0 aromatic rings. The number of ether oxygens (including phenoxy) is 1. The van der Waals surface area contributed by atoms with Crippen LogP contribution in [-0.2, 0) is 15.0 Å². The van der Waals surface area contributed by atoms with Gasteiger partial charge in [0.2, 0.25) is 0 Å². The molecule has 2 rings (SSSR count). The molecule has 0 aromatic heterocycles. The number of hydrogen-bond donors (Lipinski definition) is 0. The lowest BCUT2D eigenvalue weighted by molar-refractivity contribution is 0.0283. The fourth-order valence-corrected chi connectivity index (χ4v) is 4.41. The first-order valence-electron chi connectivity index (χ1n) is 6.86. The Morgan fingerprint density at radius 3 is 2.39 bits per heavy atom. The summed E-state index contributed by atoms with van der Waals surface area (Å²) in [5.74, 6) is 0.936. The molecule has 1 saturated carbocycles. The summed E-state index contributed by atoms with van der Waals surface area (Å²) in [4.78, 5) is 0. The second-order valence-corrected chi connectivity index (χ2v) is 7.67. The Balaban J connectivity index is 2.03. The summed E-state index contributed by atoms with van der Waals surface area (Å²) in [5, 5.41) is 0. The van der Waals surface area contributed by atoms with Crippen LogP contribution >= 0.6 is 0 Å². The largest absolute Gasteiger partial charge is 0.376 e. The smallest absolute Gasteiger partial charge is 0.304 e. The average Bonchev–Trinajstić information content (AvgIpc) is 2.60. The Morgan fingerprint density at radius 2 is 1.89 bits per heavy atom. The van der Waals surface area contributed by atoms with E-state index in [4.69, 9.17) is 4.74 Å². The van der Waals surface area contributed by atoms with Crippen LogP contribution in [0.1, 0.15) is 46.0 Å². The minimum atomic E-state index is -4.44. The molecule has 18 heavy (non-hydrogen) atoms. The van der Waals surface area contributed by atoms with Crippen LogP contribution in [-0.4, -0.2) is 26.9 Å². The maximum atomic E-state index is 12.9. The fourth-order valence-electron chi connectivity index (χ4n) is 3.60. The summed E-state index contributed by atoms with van der Waals surface area (Å²) in [7, 11) is -4.44. The van der Waals surface area contributed by atoms with Gasteiger partial charge in [0.25, 0.3) is 0 Å². The van der Waals surface area contributed by atoms with Crippen molar-refractivity contribution in [3.05, 3.63) is 0 Å². The van der Waals surface area contributed by atoms with Crippen LogP contribution in [0.3, 0.4) is 0 Å². The van der Waals surface area contributed by atoms with Crippen molar-refractivity contribution in [1.82, 2.24) is 0 Å². The van der Waals surface area contributed by atoms with Crippen molar-refractivity contribution in [2.24, 2.45) is 17.3 Å². The highest BCUT2D eigenvalue weighted by molar-refractivity contribution is 7.86. The normalized spacial score (nSPS) is 37.6. The van der Waals surface area contributed by atoms with Crippen LogP contribution in [0.4, 0.5) is 3.89 Å². The molecule has 0 aromatic carbocycles. The van der Waals surface area contributed by atoms with Gasteiger partial charge in [-0.2, -0.15) is 8.42 Å². The van der Waals surface area contributed by atoms with Crippen molar-refractivity contribution in [1.29, 1.82) is 0 Å². The minimum Gasteiger partial charge on any atom is -0.376 e. The highest BCUT2D eigenvalue weighted by Gasteiger charge is 2.47. The summed E-state index contributed by atoms with van der Waals surface area (Å²) in [5.41, 5.74) is -0.0788. The van der Waals surface area contributed by atoms with Crippen LogP contribution in [0, 0.1) is 17.3 Å². The second kappa shape index (κ2) is 5.08.